The molecule has 2 N–H and O–H groups in total. The van der Waals surface area contributed by atoms with Crippen molar-refractivity contribution in [2.45, 2.75) is 25.1 Å². The third kappa shape index (κ3) is 1.93. The third-order valence-corrected chi connectivity index (χ3v) is 1.58. The van der Waals surface area contributed by atoms with Crippen LogP contribution in [0.3, 0.4) is 0 Å². The molecule has 3 heteroatoms. The van der Waals surface area contributed by atoms with Crippen molar-refractivity contribution in [1.82, 2.24) is 5.32 Å². The van der Waals surface area contributed by atoms with Gasteiger partial charge in [-0.2, -0.15) is 0 Å². The van der Waals surface area contributed by atoms with Crippen LogP contribution < -0.4 is 5.32 Å². The van der Waals surface area contributed by atoms with E-state index in [1.807, 2.05) is 0 Å². The summed E-state index contributed by atoms with van der Waals surface area (Å²) in [4.78, 5) is 0. The summed E-state index contributed by atoms with van der Waals surface area (Å²) >= 11 is 0. The molecule has 1 rings (SSSR count). The standard InChI is InChI=1S/C6H13NO2/c1-9-4-5-2-3-6(8)7-5/h5-8H,2-4H2,1H3. The average Bonchev–Trinajstić information content (AvgIpc) is 2.17. The van der Waals surface area contributed by atoms with Crippen molar-refractivity contribution in [2.75, 3.05) is 13.7 Å². The normalized spacial score (nSPS) is 35.3. The summed E-state index contributed by atoms with van der Waals surface area (Å²) in [5.41, 5.74) is 0. The quantitative estimate of drug-likeness (QED) is 0.540. The predicted octanol–water partition coefficient (Wildman–Crippen LogP) is -0.297. The highest BCUT2D eigenvalue weighted by atomic mass is 16.5. The van der Waals surface area contributed by atoms with Gasteiger partial charge in [0.05, 0.1) is 6.61 Å². The third-order valence-electron chi connectivity index (χ3n) is 1.58. The van der Waals surface area contributed by atoms with Gasteiger partial charge in [0.2, 0.25) is 0 Å². The molecule has 0 saturated carbocycles. The van der Waals surface area contributed by atoms with Crippen LogP contribution in [-0.2, 0) is 4.74 Å². The van der Waals surface area contributed by atoms with Gasteiger partial charge < -0.3 is 9.84 Å². The molecule has 0 spiro atoms. The average molecular weight is 131 g/mol. The van der Waals surface area contributed by atoms with E-state index in [-0.39, 0.29) is 6.23 Å². The molecular formula is C6H13NO2. The Morgan fingerprint density at radius 3 is 2.89 bits per heavy atom. The van der Waals surface area contributed by atoms with Crippen molar-refractivity contribution < 1.29 is 9.84 Å². The van der Waals surface area contributed by atoms with Crippen LogP contribution in [0.1, 0.15) is 12.8 Å². The number of hydrogen-bond donors (Lipinski definition) is 2. The summed E-state index contributed by atoms with van der Waals surface area (Å²) in [6, 6.07) is 0.366. The maximum absolute atomic E-state index is 8.96. The monoisotopic (exact) mass is 131 g/mol. The number of rotatable bonds is 2. The number of methoxy groups -OCH3 is 1. The highest BCUT2D eigenvalue weighted by molar-refractivity contribution is 4.76. The summed E-state index contributed by atoms with van der Waals surface area (Å²) in [7, 11) is 1.67. The minimum atomic E-state index is -0.301. The first-order valence-corrected chi connectivity index (χ1v) is 3.26. The highest BCUT2D eigenvalue weighted by Crippen LogP contribution is 2.09. The van der Waals surface area contributed by atoms with Gasteiger partial charge in [0, 0.05) is 13.2 Å². The summed E-state index contributed by atoms with van der Waals surface area (Å²) in [5, 5.41) is 11.9. The van der Waals surface area contributed by atoms with E-state index in [0.29, 0.717) is 12.6 Å². The van der Waals surface area contributed by atoms with Crippen LogP contribution >= 0.6 is 0 Å². The Labute approximate surface area is 55.0 Å². The lowest BCUT2D eigenvalue weighted by molar-refractivity contribution is 0.130. The van der Waals surface area contributed by atoms with Gasteiger partial charge in [-0.05, 0) is 12.8 Å². The second-order valence-corrected chi connectivity index (χ2v) is 2.41. The van der Waals surface area contributed by atoms with Crippen LogP contribution in [0, 0.1) is 0 Å². The Morgan fingerprint density at radius 2 is 2.44 bits per heavy atom. The molecule has 2 unspecified atom stereocenters. The largest absolute Gasteiger partial charge is 0.383 e. The van der Waals surface area contributed by atoms with E-state index in [1.54, 1.807) is 7.11 Å². The van der Waals surface area contributed by atoms with Crippen LogP contribution in [-0.4, -0.2) is 31.1 Å². The topological polar surface area (TPSA) is 41.5 Å². The lowest BCUT2D eigenvalue weighted by atomic mass is 10.2. The minimum Gasteiger partial charge on any atom is -0.383 e. The molecule has 0 aromatic carbocycles. The second kappa shape index (κ2) is 3.15. The van der Waals surface area contributed by atoms with Gasteiger partial charge in [-0.25, -0.2) is 0 Å². The second-order valence-electron chi connectivity index (χ2n) is 2.41. The zero-order chi connectivity index (χ0) is 6.69. The van der Waals surface area contributed by atoms with Crippen molar-refractivity contribution in [2.24, 2.45) is 0 Å². The molecule has 54 valence electrons. The summed E-state index contributed by atoms with van der Waals surface area (Å²) in [5.74, 6) is 0. The van der Waals surface area contributed by atoms with E-state index in [2.05, 4.69) is 5.32 Å². The molecule has 0 radical (unpaired) electrons. The molecule has 1 aliphatic rings. The van der Waals surface area contributed by atoms with E-state index in [1.165, 1.54) is 0 Å². The van der Waals surface area contributed by atoms with Crippen molar-refractivity contribution in [3.63, 3.8) is 0 Å². The molecule has 0 aliphatic carbocycles. The van der Waals surface area contributed by atoms with Crippen LogP contribution in [0.2, 0.25) is 0 Å². The van der Waals surface area contributed by atoms with Gasteiger partial charge in [-0.1, -0.05) is 0 Å². The minimum absolute atomic E-state index is 0.301. The zero-order valence-electron chi connectivity index (χ0n) is 5.63. The first-order chi connectivity index (χ1) is 4.33. The van der Waals surface area contributed by atoms with Crippen molar-refractivity contribution in [3.8, 4) is 0 Å². The number of aliphatic hydroxyl groups is 1. The van der Waals surface area contributed by atoms with E-state index >= 15 is 0 Å². The van der Waals surface area contributed by atoms with Gasteiger partial charge in [-0.3, -0.25) is 5.32 Å². The molecule has 2 atom stereocenters. The van der Waals surface area contributed by atoms with E-state index in [9.17, 15) is 0 Å². The van der Waals surface area contributed by atoms with E-state index in [0.717, 1.165) is 12.8 Å². The highest BCUT2D eigenvalue weighted by Gasteiger charge is 2.20. The lowest BCUT2D eigenvalue weighted by Gasteiger charge is -2.08. The first-order valence-electron chi connectivity index (χ1n) is 3.26. The van der Waals surface area contributed by atoms with Crippen molar-refractivity contribution >= 4 is 0 Å². The molecule has 0 aromatic rings. The number of hydrogen-bond acceptors (Lipinski definition) is 3. The van der Waals surface area contributed by atoms with Gasteiger partial charge in [-0.15, -0.1) is 0 Å². The van der Waals surface area contributed by atoms with Crippen molar-refractivity contribution in [3.05, 3.63) is 0 Å². The molecule has 1 fully saturated rings. The van der Waals surface area contributed by atoms with E-state index < -0.39 is 0 Å². The molecule has 1 heterocycles. The fourth-order valence-electron chi connectivity index (χ4n) is 1.13. The number of aliphatic hydroxyl groups excluding tert-OH is 1. The summed E-state index contributed by atoms with van der Waals surface area (Å²) in [6.45, 7) is 0.705. The Bertz CT molecular complexity index is 85.1. The summed E-state index contributed by atoms with van der Waals surface area (Å²) < 4.78 is 4.90. The Morgan fingerprint density at radius 1 is 1.67 bits per heavy atom. The molecule has 0 bridgehead atoms. The predicted molar refractivity (Wildman–Crippen MR) is 34.0 cm³/mol. The smallest absolute Gasteiger partial charge is 0.105 e. The van der Waals surface area contributed by atoms with Crippen LogP contribution in [0.15, 0.2) is 0 Å². The molecule has 9 heavy (non-hydrogen) atoms. The lowest BCUT2D eigenvalue weighted by Crippen LogP contribution is -2.31. The van der Waals surface area contributed by atoms with Gasteiger partial charge >= 0.3 is 0 Å². The van der Waals surface area contributed by atoms with Gasteiger partial charge in [0.25, 0.3) is 0 Å². The maximum atomic E-state index is 8.96. The Kier molecular flexibility index (Phi) is 2.45. The molecule has 0 aromatic heterocycles. The maximum Gasteiger partial charge on any atom is 0.105 e. The van der Waals surface area contributed by atoms with Crippen LogP contribution in [0.25, 0.3) is 0 Å². The molecular weight excluding hydrogens is 118 g/mol. The number of ether oxygens (including phenoxy) is 1. The fraction of sp³-hybridized carbons (Fsp3) is 1.00. The SMILES string of the molecule is COCC1CCC(O)N1. The summed E-state index contributed by atoms with van der Waals surface area (Å²) in [6.07, 6.45) is 1.58. The molecule has 3 nitrogen and oxygen atoms in total. The number of nitrogens with one attached hydrogen (secondary N) is 1. The fourth-order valence-corrected chi connectivity index (χ4v) is 1.13. The van der Waals surface area contributed by atoms with Gasteiger partial charge in [0.15, 0.2) is 0 Å². The molecule has 1 aliphatic heterocycles. The molecule has 1 saturated heterocycles. The Balaban J connectivity index is 2.14. The van der Waals surface area contributed by atoms with Crippen molar-refractivity contribution in [1.29, 1.82) is 0 Å². The first kappa shape index (κ1) is 6.99. The Hall–Kier alpha value is -0.120. The van der Waals surface area contributed by atoms with Gasteiger partial charge in [0.1, 0.15) is 6.23 Å². The van der Waals surface area contributed by atoms with Crippen LogP contribution in [0.5, 0.6) is 0 Å². The van der Waals surface area contributed by atoms with Crippen LogP contribution in [0.4, 0.5) is 0 Å². The van der Waals surface area contributed by atoms with E-state index in [4.69, 9.17) is 9.84 Å². The molecule has 0 amide bonds. The zero-order valence-corrected chi connectivity index (χ0v) is 5.63.